The Bertz CT molecular complexity index is 749. The molecule has 0 bridgehead atoms. The van der Waals surface area contributed by atoms with Gasteiger partial charge in [0.2, 0.25) is 11.8 Å². The molecule has 0 aliphatic carbocycles. The van der Waals surface area contributed by atoms with Crippen molar-refractivity contribution in [2.45, 2.75) is 13.3 Å². The summed E-state index contributed by atoms with van der Waals surface area (Å²) >= 11 is 5.94. The summed E-state index contributed by atoms with van der Waals surface area (Å²) in [5.74, 6) is 0.198. The summed E-state index contributed by atoms with van der Waals surface area (Å²) in [6.45, 7) is 1.86. The van der Waals surface area contributed by atoms with Gasteiger partial charge in [0.25, 0.3) is 0 Å². The molecular formula is C19H21ClN2O3. The maximum Gasteiger partial charge on any atom is 0.240 e. The molecule has 0 aromatic heterocycles. The van der Waals surface area contributed by atoms with Gasteiger partial charge in [0.05, 0.1) is 7.11 Å². The third kappa shape index (κ3) is 5.80. The Labute approximate surface area is 152 Å². The van der Waals surface area contributed by atoms with Gasteiger partial charge in [-0.15, -0.1) is 0 Å². The molecule has 2 rings (SSSR count). The molecule has 0 radical (unpaired) electrons. The van der Waals surface area contributed by atoms with Gasteiger partial charge in [0, 0.05) is 30.2 Å². The summed E-state index contributed by atoms with van der Waals surface area (Å²) in [5, 5.41) is 3.50. The summed E-state index contributed by atoms with van der Waals surface area (Å²) in [7, 11) is 1.56. The van der Waals surface area contributed by atoms with Gasteiger partial charge in [-0.1, -0.05) is 29.8 Å². The normalized spacial score (nSPS) is 10.2. The molecule has 132 valence electrons. The minimum Gasteiger partial charge on any atom is -0.497 e. The molecule has 2 aromatic rings. The van der Waals surface area contributed by atoms with Crippen LogP contribution >= 0.6 is 11.6 Å². The second-order valence-electron chi connectivity index (χ2n) is 5.54. The van der Waals surface area contributed by atoms with E-state index in [9.17, 15) is 9.59 Å². The molecule has 5 nitrogen and oxygen atoms in total. The van der Waals surface area contributed by atoms with E-state index in [0.29, 0.717) is 29.4 Å². The van der Waals surface area contributed by atoms with E-state index >= 15 is 0 Å². The zero-order valence-electron chi connectivity index (χ0n) is 14.3. The fourth-order valence-corrected chi connectivity index (χ4v) is 2.61. The van der Waals surface area contributed by atoms with Crippen molar-refractivity contribution in [2.24, 2.45) is 0 Å². The number of nitrogens with zero attached hydrogens (tertiary/aromatic N) is 1. The first-order chi connectivity index (χ1) is 12.0. The van der Waals surface area contributed by atoms with E-state index in [1.54, 1.807) is 31.4 Å². The van der Waals surface area contributed by atoms with Gasteiger partial charge in [-0.25, -0.2) is 0 Å². The number of anilines is 1. The molecular weight excluding hydrogens is 340 g/mol. The van der Waals surface area contributed by atoms with Crippen LogP contribution in [0.25, 0.3) is 0 Å². The van der Waals surface area contributed by atoms with Gasteiger partial charge in [0.1, 0.15) is 12.3 Å². The standard InChI is InChI=1S/C19H21ClN2O3/c1-14(23)22(17-7-4-8-18(12-17)25-2)13-19(24)21-10-9-15-5-3-6-16(20)11-15/h3-8,11-12H,9-10,13H2,1-2H3,(H,21,24). The molecule has 0 unspecified atom stereocenters. The smallest absolute Gasteiger partial charge is 0.240 e. The van der Waals surface area contributed by atoms with Crippen LogP contribution in [0.2, 0.25) is 5.02 Å². The highest BCUT2D eigenvalue weighted by atomic mass is 35.5. The van der Waals surface area contributed by atoms with Gasteiger partial charge in [0.15, 0.2) is 0 Å². The molecule has 0 fully saturated rings. The first kappa shape index (κ1) is 18.8. The zero-order chi connectivity index (χ0) is 18.2. The Balaban J connectivity index is 1.92. The van der Waals surface area contributed by atoms with Crippen molar-refractivity contribution in [3.63, 3.8) is 0 Å². The van der Waals surface area contributed by atoms with E-state index in [0.717, 1.165) is 5.56 Å². The molecule has 0 heterocycles. The average molecular weight is 361 g/mol. The second kappa shape index (κ2) is 9.08. The lowest BCUT2D eigenvalue weighted by atomic mass is 10.1. The molecule has 0 aliphatic rings. The highest BCUT2D eigenvalue weighted by Crippen LogP contribution is 2.21. The van der Waals surface area contributed by atoms with Gasteiger partial charge >= 0.3 is 0 Å². The van der Waals surface area contributed by atoms with Crippen LogP contribution in [0.4, 0.5) is 5.69 Å². The Hall–Kier alpha value is -2.53. The largest absolute Gasteiger partial charge is 0.497 e. The van der Waals surface area contributed by atoms with Crippen LogP contribution in [0, 0.1) is 0 Å². The number of amides is 2. The van der Waals surface area contributed by atoms with Crippen LogP contribution < -0.4 is 15.0 Å². The van der Waals surface area contributed by atoms with Crippen molar-refractivity contribution in [1.29, 1.82) is 0 Å². The maximum absolute atomic E-state index is 12.2. The summed E-state index contributed by atoms with van der Waals surface area (Å²) in [6, 6.07) is 14.6. The summed E-state index contributed by atoms with van der Waals surface area (Å²) in [6.07, 6.45) is 0.672. The number of methoxy groups -OCH3 is 1. The Morgan fingerprint density at radius 2 is 1.92 bits per heavy atom. The number of ether oxygens (including phenoxy) is 1. The van der Waals surface area contributed by atoms with Crippen LogP contribution in [-0.4, -0.2) is 32.0 Å². The topological polar surface area (TPSA) is 58.6 Å². The van der Waals surface area contributed by atoms with Gasteiger partial charge in [-0.3, -0.25) is 9.59 Å². The third-order valence-corrected chi connectivity index (χ3v) is 3.91. The van der Waals surface area contributed by atoms with Crippen LogP contribution in [0.1, 0.15) is 12.5 Å². The first-order valence-corrected chi connectivity index (χ1v) is 8.30. The zero-order valence-corrected chi connectivity index (χ0v) is 15.0. The molecule has 0 saturated carbocycles. The van der Waals surface area contributed by atoms with Crippen molar-refractivity contribution >= 4 is 29.1 Å². The van der Waals surface area contributed by atoms with Gasteiger partial charge < -0.3 is 15.0 Å². The molecule has 0 aliphatic heterocycles. The highest BCUT2D eigenvalue weighted by molar-refractivity contribution is 6.30. The first-order valence-electron chi connectivity index (χ1n) is 7.93. The fraction of sp³-hybridized carbons (Fsp3) is 0.263. The lowest BCUT2D eigenvalue weighted by molar-refractivity contribution is -0.123. The molecule has 2 amide bonds. The van der Waals surface area contributed by atoms with Gasteiger partial charge in [-0.05, 0) is 36.2 Å². The average Bonchev–Trinajstić information content (AvgIpc) is 2.59. The highest BCUT2D eigenvalue weighted by Gasteiger charge is 2.16. The number of nitrogens with one attached hydrogen (secondary N) is 1. The minimum absolute atomic E-state index is 0.0436. The second-order valence-corrected chi connectivity index (χ2v) is 5.97. The Kier molecular flexibility index (Phi) is 6.83. The number of carbonyl (C=O) groups is 2. The number of rotatable bonds is 7. The molecule has 2 aromatic carbocycles. The van der Waals surface area contributed by atoms with E-state index in [4.69, 9.17) is 16.3 Å². The van der Waals surface area contributed by atoms with E-state index in [1.165, 1.54) is 11.8 Å². The van der Waals surface area contributed by atoms with Crippen LogP contribution in [0.3, 0.4) is 0 Å². The predicted octanol–water partition coefficient (Wildman–Crippen LogP) is 3.06. The van der Waals surface area contributed by atoms with Crippen molar-refractivity contribution in [3.8, 4) is 5.75 Å². The van der Waals surface area contributed by atoms with Crippen molar-refractivity contribution in [3.05, 3.63) is 59.1 Å². The van der Waals surface area contributed by atoms with Crippen molar-refractivity contribution < 1.29 is 14.3 Å². The summed E-state index contributed by atoms with van der Waals surface area (Å²) in [5.41, 5.74) is 1.67. The molecule has 25 heavy (non-hydrogen) atoms. The van der Waals surface area contributed by atoms with E-state index in [2.05, 4.69) is 5.32 Å². The maximum atomic E-state index is 12.2. The van der Waals surface area contributed by atoms with Crippen molar-refractivity contribution in [2.75, 3.05) is 25.1 Å². The predicted molar refractivity (Wildman–Crippen MR) is 99.2 cm³/mol. The molecule has 0 spiro atoms. The summed E-state index contributed by atoms with van der Waals surface area (Å²) < 4.78 is 5.16. The Morgan fingerprint density at radius 1 is 1.16 bits per heavy atom. The van der Waals surface area contributed by atoms with Crippen LogP contribution in [0.15, 0.2) is 48.5 Å². The lowest BCUT2D eigenvalue weighted by Gasteiger charge is -2.21. The number of halogens is 1. The molecule has 0 saturated heterocycles. The van der Waals surface area contributed by atoms with Gasteiger partial charge in [-0.2, -0.15) is 0 Å². The fourth-order valence-electron chi connectivity index (χ4n) is 2.40. The van der Waals surface area contributed by atoms with E-state index < -0.39 is 0 Å². The quantitative estimate of drug-likeness (QED) is 0.825. The molecule has 0 atom stereocenters. The molecule has 6 heteroatoms. The minimum atomic E-state index is -0.222. The van der Waals surface area contributed by atoms with E-state index in [1.807, 2.05) is 24.3 Å². The molecule has 1 N–H and O–H groups in total. The van der Waals surface area contributed by atoms with Crippen LogP contribution in [-0.2, 0) is 16.0 Å². The summed E-state index contributed by atoms with van der Waals surface area (Å²) in [4.78, 5) is 25.5. The van der Waals surface area contributed by atoms with Crippen LogP contribution in [0.5, 0.6) is 5.75 Å². The number of hydrogen-bond acceptors (Lipinski definition) is 3. The Morgan fingerprint density at radius 3 is 2.60 bits per heavy atom. The SMILES string of the molecule is COc1cccc(N(CC(=O)NCCc2cccc(Cl)c2)C(C)=O)c1. The van der Waals surface area contributed by atoms with Crippen molar-refractivity contribution in [1.82, 2.24) is 5.32 Å². The number of hydrogen-bond donors (Lipinski definition) is 1. The number of benzene rings is 2. The van der Waals surface area contributed by atoms with E-state index in [-0.39, 0.29) is 18.4 Å². The third-order valence-electron chi connectivity index (χ3n) is 3.67. The monoisotopic (exact) mass is 360 g/mol. The lowest BCUT2D eigenvalue weighted by Crippen LogP contribution is -2.40. The number of carbonyl (C=O) groups excluding carboxylic acids is 2.